The van der Waals surface area contributed by atoms with Gasteiger partial charge in [-0.15, -0.1) is 0 Å². The number of carbonyl (C=O) groups is 1. The first-order valence-electron chi connectivity index (χ1n) is 6.05. The molecule has 0 aliphatic carbocycles. The second-order valence-corrected chi connectivity index (χ2v) is 3.87. The van der Waals surface area contributed by atoms with E-state index in [9.17, 15) is 4.79 Å². The van der Waals surface area contributed by atoms with Crippen molar-refractivity contribution in [3.05, 3.63) is 54.1 Å². The van der Waals surface area contributed by atoms with Gasteiger partial charge in [-0.05, 0) is 19.1 Å². The summed E-state index contributed by atoms with van der Waals surface area (Å²) in [6.45, 7) is 2.70. The van der Waals surface area contributed by atoms with Crippen LogP contribution in [0.1, 0.15) is 22.8 Å². The number of aromatic nitrogens is 2. The second-order valence-electron chi connectivity index (χ2n) is 3.87. The lowest BCUT2D eigenvalue weighted by Crippen LogP contribution is -2.09. The summed E-state index contributed by atoms with van der Waals surface area (Å²) in [5.41, 5.74) is 2.21. The third-order valence-electron chi connectivity index (χ3n) is 2.52. The van der Waals surface area contributed by atoms with Crippen molar-refractivity contribution in [3.63, 3.8) is 0 Å². The van der Waals surface area contributed by atoms with Crippen molar-refractivity contribution >= 4 is 11.7 Å². The van der Waals surface area contributed by atoms with E-state index in [0.29, 0.717) is 18.7 Å². The van der Waals surface area contributed by atoms with Crippen LogP contribution in [0.25, 0.3) is 0 Å². The van der Waals surface area contributed by atoms with Crippen LogP contribution in [0.4, 0.5) is 5.69 Å². The van der Waals surface area contributed by atoms with Gasteiger partial charge in [-0.3, -0.25) is 0 Å². The highest BCUT2D eigenvalue weighted by atomic mass is 16.5. The molecule has 0 amide bonds. The van der Waals surface area contributed by atoms with E-state index in [1.165, 1.54) is 6.33 Å². The van der Waals surface area contributed by atoms with E-state index in [1.807, 2.05) is 18.2 Å². The zero-order valence-electron chi connectivity index (χ0n) is 10.7. The normalized spacial score (nSPS) is 9.95. The highest BCUT2D eigenvalue weighted by Crippen LogP contribution is 2.17. The molecule has 0 spiro atoms. The van der Waals surface area contributed by atoms with Gasteiger partial charge in [0.25, 0.3) is 0 Å². The van der Waals surface area contributed by atoms with Gasteiger partial charge in [0, 0.05) is 30.2 Å². The number of benzene rings is 1. The SMILES string of the molecule is CCOC(=O)c1ccccc1NCc1cncnc1. The zero-order chi connectivity index (χ0) is 13.5. The van der Waals surface area contributed by atoms with Crippen LogP contribution < -0.4 is 5.32 Å². The van der Waals surface area contributed by atoms with Gasteiger partial charge in [-0.1, -0.05) is 12.1 Å². The maximum absolute atomic E-state index is 11.8. The Kier molecular flexibility index (Phi) is 4.44. The maximum Gasteiger partial charge on any atom is 0.340 e. The first-order valence-corrected chi connectivity index (χ1v) is 6.05. The molecule has 0 radical (unpaired) electrons. The molecule has 1 N–H and O–H groups in total. The van der Waals surface area contributed by atoms with Crippen molar-refractivity contribution in [1.82, 2.24) is 9.97 Å². The molecule has 98 valence electrons. The van der Waals surface area contributed by atoms with E-state index in [-0.39, 0.29) is 5.97 Å². The van der Waals surface area contributed by atoms with E-state index in [4.69, 9.17) is 4.74 Å². The van der Waals surface area contributed by atoms with Gasteiger partial charge in [0.05, 0.1) is 12.2 Å². The number of carbonyl (C=O) groups excluding carboxylic acids is 1. The Labute approximate surface area is 111 Å². The van der Waals surface area contributed by atoms with E-state index in [0.717, 1.165) is 11.3 Å². The number of para-hydroxylation sites is 1. The Bertz CT molecular complexity index is 543. The highest BCUT2D eigenvalue weighted by Gasteiger charge is 2.11. The number of rotatable bonds is 5. The molecule has 0 bridgehead atoms. The maximum atomic E-state index is 11.8. The van der Waals surface area contributed by atoms with Gasteiger partial charge in [-0.2, -0.15) is 0 Å². The Morgan fingerprint density at radius 2 is 2.00 bits per heavy atom. The van der Waals surface area contributed by atoms with Crippen LogP contribution in [0.3, 0.4) is 0 Å². The van der Waals surface area contributed by atoms with Crippen LogP contribution >= 0.6 is 0 Å². The minimum Gasteiger partial charge on any atom is -0.462 e. The summed E-state index contributed by atoms with van der Waals surface area (Å²) in [6.07, 6.45) is 4.94. The average Bonchev–Trinajstić information content (AvgIpc) is 2.47. The van der Waals surface area contributed by atoms with Crippen molar-refractivity contribution in [1.29, 1.82) is 0 Å². The lowest BCUT2D eigenvalue weighted by molar-refractivity contribution is 0.0527. The molecule has 0 atom stereocenters. The lowest BCUT2D eigenvalue weighted by atomic mass is 10.1. The molecule has 1 aromatic carbocycles. The summed E-state index contributed by atoms with van der Waals surface area (Å²) >= 11 is 0. The first-order chi connectivity index (χ1) is 9.31. The van der Waals surface area contributed by atoms with Crippen LogP contribution in [-0.2, 0) is 11.3 Å². The van der Waals surface area contributed by atoms with E-state index in [1.54, 1.807) is 25.4 Å². The first kappa shape index (κ1) is 13.0. The largest absolute Gasteiger partial charge is 0.462 e. The van der Waals surface area contributed by atoms with Crippen LogP contribution in [0.5, 0.6) is 0 Å². The number of anilines is 1. The molecular weight excluding hydrogens is 242 g/mol. The second kappa shape index (κ2) is 6.49. The quantitative estimate of drug-likeness (QED) is 0.832. The third kappa shape index (κ3) is 3.51. The van der Waals surface area contributed by atoms with E-state index in [2.05, 4.69) is 15.3 Å². The topological polar surface area (TPSA) is 64.1 Å². The lowest BCUT2D eigenvalue weighted by Gasteiger charge is -2.10. The van der Waals surface area contributed by atoms with Gasteiger partial charge in [0.1, 0.15) is 6.33 Å². The molecule has 2 aromatic rings. The van der Waals surface area contributed by atoms with Crippen LogP contribution in [0.15, 0.2) is 43.0 Å². The fourth-order valence-electron chi connectivity index (χ4n) is 1.64. The average molecular weight is 257 g/mol. The van der Waals surface area contributed by atoms with Crippen LogP contribution in [-0.4, -0.2) is 22.5 Å². The van der Waals surface area contributed by atoms with Gasteiger partial charge < -0.3 is 10.1 Å². The fraction of sp³-hybridized carbons (Fsp3) is 0.214. The zero-order valence-corrected chi connectivity index (χ0v) is 10.7. The molecule has 1 aromatic heterocycles. The molecule has 1 heterocycles. The predicted molar refractivity (Wildman–Crippen MR) is 71.8 cm³/mol. The smallest absolute Gasteiger partial charge is 0.340 e. The Hall–Kier alpha value is -2.43. The summed E-state index contributed by atoms with van der Waals surface area (Å²) in [5, 5.41) is 3.19. The van der Waals surface area contributed by atoms with Crippen molar-refractivity contribution in [2.75, 3.05) is 11.9 Å². The molecule has 2 rings (SSSR count). The number of hydrogen-bond donors (Lipinski definition) is 1. The summed E-state index contributed by atoms with van der Waals surface area (Å²) < 4.78 is 5.02. The third-order valence-corrected chi connectivity index (χ3v) is 2.52. The number of ether oxygens (including phenoxy) is 1. The van der Waals surface area contributed by atoms with Crippen molar-refractivity contribution < 1.29 is 9.53 Å². The summed E-state index contributed by atoms with van der Waals surface area (Å²) in [5.74, 6) is -0.324. The Morgan fingerprint density at radius 3 is 2.74 bits per heavy atom. The van der Waals surface area contributed by atoms with Gasteiger partial charge in [0.15, 0.2) is 0 Å². The number of nitrogens with zero attached hydrogens (tertiary/aromatic N) is 2. The molecule has 0 aliphatic rings. The molecule has 5 heteroatoms. The Morgan fingerprint density at radius 1 is 1.26 bits per heavy atom. The summed E-state index contributed by atoms with van der Waals surface area (Å²) in [7, 11) is 0. The minimum atomic E-state index is -0.324. The number of esters is 1. The summed E-state index contributed by atoms with van der Waals surface area (Å²) in [4.78, 5) is 19.7. The molecular formula is C14H15N3O2. The van der Waals surface area contributed by atoms with Crippen molar-refractivity contribution in [2.45, 2.75) is 13.5 Å². The molecule has 0 unspecified atom stereocenters. The van der Waals surface area contributed by atoms with Gasteiger partial charge >= 0.3 is 5.97 Å². The number of nitrogens with one attached hydrogen (secondary N) is 1. The molecule has 0 aliphatic heterocycles. The molecule has 19 heavy (non-hydrogen) atoms. The van der Waals surface area contributed by atoms with Gasteiger partial charge in [-0.25, -0.2) is 14.8 Å². The monoisotopic (exact) mass is 257 g/mol. The molecule has 5 nitrogen and oxygen atoms in total. The predicted octanol–water partition coefficient (Wildman–Crippen LogP) is 2.27. The molecule has 0 saturated carbocycles. The van der Waals surface area contributed by atoms with Crippen LogP contribution in [0, 0.1) is 0 Å². The van der Waals surface area contributed by atoms with Crippen LogP contribution in [0.2, 0.25) is 0 Å². The van der Waals surface area contributed by atoms with Crippen molar-refractivity contribution in [3.8, 4) is 0 Å². The molecule has 0 fully saturated rings. The van der Waals surface area contributed by atoms with Crippen molar-refractivity contribution in [2.24, 2.45) is 0 Å². The number of hydrogen-bond acceptors (Lipinski definition) is 5. The van der Waals surface area contributed by atoms with Gasteiger partial charge in [0.2, 0.25) is 0 Å². The Balaban J connectivity index is 2.10. The minimum absolute atomic E-state index is 0.324. The van der Waals surface area contributed by atoms with E-state index < -0.39 is 0 Å². The molecule has 0 saturated heterocycles. The summed E-state index contributed by atoms with van der Waals surface area (Å²) in [6, 6.07) is 7.26. The fourth-order valence-corrected chi connectivity index (χ4v) is 1.64. The highest BCUT2D eigenvalue weighted by molar-refractivity contribution is 5.95. The standard InChI is InChI=1S/C14H15N3O2/c1-2-19-14(18)12-5-3-4-6-13(12)17-9-11-7-15-10-16-8-11/h3-8,10,17H,2,9H2,1H3. The van der Waals surface area contributed by atoms with E-state index >= 15 is 0 Å².